The fourth-order valence-electron chi connectivity index (χ4n) is 1.29. The van der Waals surface area contributed by atoms with E-state index >= 15 is 0 Å². The number of nitrogens with one attached hydrogen (secondary N) is 1. The molecule has 0 heterocycles. The van der Waals surface area contributed by atoms with Gasteiger partial charge in [0.1, 0.15) is 12.1 Å². The lowest BCUT2D eigenvalue weighted by Gasteiger charge is -2.18. The summed E-state index contributed by atoms with van der Waals surface area (Å²) in [6.07, 6.45) is -0.864. The molecule has 0 radical (unpaired) electrons. The molecule has 0 aromatic heterocycles. The van der Waals surface area contributed by atoms with Crippen LogP contribution in [0.25, 0.3) is 0 Å². The molecule has 5 N–H and O–H groups in total. The van der Waals surface area contributed by atoms with Crippen LogP contribution in [-0.4, -0.2) is 53.9 Å². The van der Waals surface area contributed by atoms with Gasteiger partial charge in [0.15, 0.2) is 0 Å². The minimum Gasteiger partial charge on any atom is -0.481 e. The Bertz CT molecular complexity index is 303. The van der Waals surface area contributed by atoms with Gasteiger partial charge in [-0.2, -0.15) is 0 Å². The third kappa shape index (κ3) is 6.16. The Labute approximate surface area is 104 Å². The fraction of sp³-hybridized carbons (Fsp3) is 0.700. The van der Waals surface area contributed by atoms with Crippen molar-refractivity contribution in [2.24, 2.45) is 5.73 Å². The molecule has 0 aliphatic carbocycles. The first-order chi connectivity index (χ1) is 8.42. The highest BCUT2D eigenvalue weighted by Gasteiger charge is 2.24. The maximum absolute atomic E-state index is 11.5. The maximum Gasteiger partial charge on any atom is 0.326 e. The normalized spacial score (nSPS) is 13.7. The van der Waals surface area contributed by atoms with Gasteiger partial charge in [0.2, 0.25) is 0 Å². The van der Waals surface area contributed by atoms with Crippen molar-refractivity contribution < 1.29 is 29.3 Å². The fourth-order valence-corrected chi connectivity index (χ4v) is 1.29. The van der Waals surface area contributed by atoms with E-state index in [4.69, 9.17) is 20.7 Å². The Morgan fingerprint density at radius 1 is 1.33 bits per heavy atom. The number of amides is 1. The summed E-state index contributed by atoms with van der Waals surface area (Å²) in [5.41, 5.74) is 5.26. The highest BCUT2D eigenvalue weighted by atomic mass is 16.5. The van der Waals surface area contributed by atoms with Gasteiger partial charge in [0, 0.05) is 20.1 Å². The summed E-state index contributed by atoms with van der Waals surface area (Å²) in [6.45, 7) is -0.0657. The van der Waals surface area contributed by atoms with E-state index < -0.39 is 30.0 Å². The van der Waals surface area contributed by atoms with Crippen LogP contribution in [0.3, 0.4) is 0 Å². The minimum atomic E-state index is -1.22. The van der Waals surface area contributed by atoms with Crippen molar-refractivity contribution in [3.05, 3.63) is 0 Å². The van der Waals surface area contributed by atoms with Gasteiger partial charge in [0.25, 0.3) is 5.91 Å². The second-order valence-corrected chi connectivity index (χ2v) is 3.65. The molecule has 0 aromatic rings. The average Bonchev–Trinajstić information content (AvgIpc) is 2.28. The Kier molecular flexibility index (Phi) is 7.64. The van der Waals surface area contributed by atoms with E-state index in [0.29, 0.717) is 0 Å². The SMILES string of the molecule is COC(CN)C(=O)N[C@H](CCCC(=O)O)C(=O)O. The first-order valence-electron chi connectivity index (χ1n) is 5.40. The molecule has 8 heteroatoms. The number of methoxy groups -OCH3 is 1. The first-order valence-corrected chi connectivity index (χ1v) is 5.40. The number of aliphatic carboxylic acids is 2. The molecule has 0 aliphatic rings. The van der Waals surface area contributed by atoms with Crippen molar-refractivity contribution in [3.8, 4) is 0 Å². The summed E-state index contributed by atoms with van der Waals surface area (Å²) in [4.78, 5) is 32.7. The molecule has 0 bridgehead atoms. The second-order valence-electron chi connectivity index (χ2n) is 3.65. The average molecular weight is 262 g/mol. The number of carboxylic acid groups (broad SMARTS) is 2. The molecule has 0 spiro atoms. The lowest BCUT2D eigenvalue weighted by molar-refractivity contribution is -0.144. The molecule has 104 valence electrons. The van der Waals surface area contributed by atoms with Gasteiger partial charge in [-0.1, -0.05) is 0 Å². The standard InChI is InChI=1S/C10H18N2O6/c1-18-7(5-11)9(15)12-6(10(16)17)3-2-4-8(13)14/h6-7H,2-5,11H2,1H3,(H,12,15)(H,13,14)(H,16,17)/t6-,7?/m1/s1. The van der Waals surface area contributed by atoms with Crippen molar-refractivity contribution in [2.45, 2.75) is 31.4 Å². The van der Waals surface area contributed by atoms with Gasteiger partial charge in [-0.05, 0) is 12.8 Å². The summed E-state index contributed by atoms with van der Waals surface area (Å²) in [5, 5.41) is 19.6. The maximum atomic E-state index is 11.5. The summed E-state index contributed by atoms with van der Waals surface area (Å²) < 4.78 is 4.76. The van der Waals surface area contributed by atoms with Crippen LogP contribution in [0.15, 0.2) is 0 Å². The molecular weight excluding hydrogens is 244 g/mol. The van der Waals surface area contributed by atoms with Crippen molar-refractivity contribution in [1.82, 2.24) is 5.32 Å². The molecule has 0 fully saturated rings. The highest BCUT2D eigenvalue weighted by Crippen LogP contribution is 2.02. The number of nitrogens with two attached hydrogens (primary N) is 1. The molecule has 0 aromatic carbocycles. The third-order valence-corrected chi connectivity index (χ3v) is 2.29. The molecular formula is C10H18N2O6. The predicted molar refractivity (Wildman–Crippen MR) is 60.9 cm³/mol. The molecule has 0 saturated carbocycles. The van der Waals surface area contributed by atoms with E-state index in [1.54, 1.807) is 0 Å². The van der Waals surface area contributed by atoms with Crippen LogP contribution >= 0.6 is 0 Å². The van der Waals surface area contributed by atoms with Crippen LogP contribution in [-0.2, 0) is 19.1 Å². The van der Waals surface area contributed by atoms with Crippen LogP contribution in [0.4, 0.5) is 0 Å². The number of carbonyl (C=O) groups excluding carboxylic acids is 1. The number of carbonyl (C=O) groups is 3. The van der Waals surface area contributed by atoms with E-state index in [0.717, 1.165) is 0 Å². The lowest BCUT2D eigenvalue weighted by atomic mass is 10.1. The molecule has 1 unspecified atom stereocenters. The monoisotopic (exact) mass is 262 g/mol. The Morgan fingerprint density at radius 2 is 1.94 bits per heavy atom. The number of rotatable bonds is 9. The molecule has 0 aliphatic heterocycles. The number of hydrogen-bond acceptors (Lipinski definition) is 5. The van der Waals surface area contributed by atoms with E-state index in [1.807, 2.05) is 0 Å². The van der Waals surface area contributed by atoms with Crippen LogP contribution in [0.5, 0.6) is 0 Å². The van der Waals surface area contributed by atoms with Gasteiger partial charge in [0.05, 0.1) is 0 Å². The van der Waals surface area contributed by atoms with Crippen LogP contribution in [0.2, 0.25) is 0 Å². The molecule has 0 rings (SSSR count). The Balaban J connectivity index is 4.30. The van der Waals surface area contributed by atoms with Gasteiger partial charge in [-0.25, -0.2) is 4.79 Å². The summed E-state index contributed by atoms with van der Waals surface area (Å²) >= 11 is 0. The summed E-state index contributed by atoms with van der Waals surface area (Å²) in [5.74, 6) is -2.86. The minimum absolute atomic E-state index is 0.0361. The Morgan fingerprint density at radius 3 is 2.33 bits per heavy atom. The first kappa shape index (κ1) is 16.3. The van der Waals surface area contributed by atoms with Crippen LogP contribution < -0.4 is 11.1 Å². The molecule has 2 atom stereocenters. The molecule has 1 amide bonds. The van der Waals surface area contributed by atoms with Crippen LogP contribution in [0.1, 0.15) is 19.3 Å². The van der Waals surface area contributed by atoms with Gasteiger partial charge in [-0.3, -0.25) is 9.59 Å². The lowest BCUT2D eigenvalue weighted by Crippen LogP contribution is -2.48. The van der Waals surface area contributed by atoms with Crippen LogP contribution in [0, 0.1) is 0 Å². The zero-order chi connectivity index (χ0) is 14.1. The molecule has 0 saturated heterocycles. The largest absolute Gasteiger partial charge is 0.481 e. The van der Waals surface area contributed by atoms with Crippen molar-refractivity contribution in [3.63, 3.8) is 0 Å². The zero-order valence-electron chi connectivity index (χ0n) is 10.1. The van der Waals surface area contributed by atoms with Gasteiger partial charge < -0.3 is 26.0 Å². The van der Waals surface area contributed by atoms with Crippen molar-refractivity contribution in [2.75, 3.05) is 13.7 Å². The molecule has 8 nitrogen and oxygen atoms in total. The van der Waals surface area contributed by atoms with Gasteiger partial charge in [-0.15, -0.1) is 0 Å². The molecule has 18 heavy (non-hydrogen) atoms. The quantitative estimate of drug-likeness (QED) is 0.408. The summed E-state index contributed by atoms with van der Waals surface area (Å²) in [7, 11) is 1.29. The van der Waals surface area contributed by atoms with Crippen molar-refractivity contribution >= 4 is 17.8 Å². The van der Waals surface area contributed by atoms with Gasteiger partial charge >= 0.3 is 11.9 Å². The number of hydrogen-bond donors (Lipinski definition) is 4. The van der Waals surface area contributed by atoms with Crippen molar-refractivity contribution in [1.29, 1.82) is 0 Å². The van der Waals surface area contributed by atoms with E-state index in [1.165, 1.54) is 7.11 Å². The van der Waals surface area contributed by atoms with E-state index in [-0.39, 0.29) is 25.8 Å². The second kappa shape index (κ2) is 8.43. The highest BCUT2D eigenvalue weighted by molar-refractivity contribution is 5.86. The Hall–Kier alpha value is -1.67. The zero-order valence-corrected chi connectivity index (χ0v) is 10.1. The third-order valence-electron chi connectivity index (χ3n) is 2.29. The number of ether oxygens (including phenoxy) is 1. The smallest absolute Gasteiger partial charge is 0.326 e. The topological polar surface area (TPSA) is 139 Å². The van der Waals surface area contributed by atoms with E-state index in [9.17, 15) is 14.4 Å². The predicted octanol–water partition coefficient (Wildman–Crippen LogP) is -1.22. The van der Waals surface area contributed by atoms with E-state index in [2.05, 4.69) is 5.32 Å². The summed E-state index contributed by atoms with van der Waals surface area (Å²) in [6, 6.07) is -1.14. The number of carboxylic acids is 2.